The molecule has 0 radical (unpaired) electrons. The molecule has 3 saturated heterocycles. The number of hydrogen-bond donors (Lipinski definition) is 0. The van der Waals surface area contributed by atoms with Crippen molar-refractivity contribution in [3.8, 4) is 0 Å². The first kappa shape index (κ1) is 16.4. The van der Waals surface area contributed by atoms with Gasteiger partial charge in [-0.15, -0.1) is 0 Å². The van der Waals surface area contributed by atoms with Gasteiger partial charge < -0.3 is 9.64 Å². The molecule has 132 valence electrons. The van der Waals surface area contributed by atoms with E-state index >= 15 is 0 Å². The smallest absolute Gasteiger partial charge is 0.243 e. The van der Waals surface area contributed by atoms with Crippen LogP contribution in [-0.2, 0) is 14.8 Å². The molecule has 0 aliphatic carbocycles. The normalized spacial score (nSPS) is 31.6. The molecule has 3 aliphatic heterocycles. The molecule has 3 fully saturated rings. The third kappa shape index (κ3) is 2.98. The molecule has 7 heteroatoms. The molecule has 3 aliphatic rings. The van der Waals surface area contributed by atoms with E-state index in [1.54, 1.807) is 0 Å². The van der Waals surface area contributed by atoms with Gasteiger partial charge in [-0.2, -0.15) is 4.31 Å². The molecule has 0 spiro atoms. The Morgan fingerprint density at radius 1 is 1.12 bits per heavy atom. The summed E-state index contributed by atoms with van der Waals surface area (Å²) in [6, 6.07) is 5.05. The van der Waals surface area contributed by atoms with Gasteiger partial charge in [0.25, 0.3) is 0 Å². The number of ether oxygens (including phenoxy) is 1. The lowest BCUT2D eigenvalue weighted by molar-refractivity contribution is 0.101. The third-order valence-electron chi connectivity index (χ3n) is 5.55. The first-order valence-electron chi connectivity index (χ1n) is 8.64. The Hall–Kier alpha value is -1.02. The molecule has 0 unspecified atom stereocenters. The van der Waals surface area contributed by atoms with E-state index in [0.29, 0.717) is 19.0 Å². The summed E-state index contributed by atoms with van der Waals surface area (Å²) in [6.07, 6.45) is 2.51. The molecule has 1 aromatic carbocycles. The third-order valence-corrected chi connectivity index (χ3v) is 7.39. The molecule has 3 atom stereocenters. The van der Waals surface area contributed by atoms with Crippen molar-refractivity contribution in [2.24, 2.45) is 11.8 Å². The molecule has 0 aromatic heterocycles. The highest BCUT2D eigenvalue weighted by atomic mass is 32.2. The Balaban J connectivity index is 1.46. The highest BCUT2D eigenvalue weighted by Gasteiger charge is 2.47. The summed E-state index contributed by atoms with van der Waals surface area (Å²) in [5.41, 5.74) is 0. The molecule has 24 heavy (non-hydrogen) atoms. The fraction of sp³-hybridized carbons (Fsp3) is 0.647. The van der Waals surface area contributed by atoms with Gasteiger partial charge >= 0.3 is 0 Å². The molecular formula is C17H23FN2O3S. The van der Waals surface area contributed by atoms with Crippen LogP contribution in [0.25, 0.3) is 0 Å². The number of fused-ring (bicyclic) bond motifs is 1. The monoisotopic (exact) mass is 354 g/mol. The summed E-state index contributed by atoms with van der Waals surface area (Å²) >= 11 is 0. The number of sulfonamides is 1. The zero-order chi connectivity index (χ0) is 16.7. The maximum Gasteiger partial charge on any atom is 0.243 e. The van der Waals surface area contributed by atoms with Crippen LogP contribution in [0.5, 0.6) is 0 Å². The minimum atomic E-state index is -3.58. The minimum absolute atomic E-state index is 0.00664. The summed E-state index contributed by atoms with van der Waals surface area (Å²) in [6.45, 7) is 4.93. The summed E-state index contributed by atoms with van der Waals surface area (Å²) < 4.78 is 46.0. The lowest BCUT2D eigenvalue weighted by atomic mass is 9.93. The predicted octanol–water partition coefficient (Wildman–Crippen LogP) is 1.56. The van der Waals surface area contributed by atoms with Crippen molar-refractivity contribution in [1.82, 2.24) is 9.21 Å². The molecular weight excluding hydrogens is 331 g/mol. The maximum absolute atomic E-state index is 13.1. The fourth-order valence-electron chi connectivity index (χ4n) is 4.20. The molecule has 3 heterocycles. The second-order valence-electron chi connectivity index (χ2n) is 7.08. The van der Waals surface area contributed by atoms with E-state index < -0.39 is 15.8 Å². The lowest BCUT2D eigenvalue weighted by Crippen LogP contribution is -2.34. The second kappa shape index (κ2) is 6.37. The Kier molecular flexibility index (Phi) is 4.36. The quantitative estimate of drug-likeness (QED) is 0.823. The second-order valence-corrected chi connectivity index (χ2v) is 9.02. The van der Waals surface area contributed by atoms with Gasteiger partial charge in [0.05, 0.1) is 17.6 Å². The maximum atomic E-state index is 13.1. The minimum Gasteiger partial charge on any atom is -0.376 e. The topological polar surface area (TPSA) is 49.9 Å². The van der Waals surface area contributed by atoms with Crippen molar-refractivity contribution < 1.29 is 17.5 Å². The van der Waals surface area contributed by atoms with Gasteiger partial charge in [0, 0.05) is 31.5 Å². The number of rotatable bonds is 4. The summed E-state index contributed by atoms with van der Waals surface area (Å²) in [4.78, 5) is 2.62. The molecule has 0 saturated carbocycles. The summed E-state index contributed by atoms with van der Waals surface area (Å²) in [5, 5.41) is 0. The summed E-state index contributed by atoms with van der Waals surface area (Å²) in [5.74, 6) is 0.239. The van der Waals surface area contributed by atoms with Crippen molar-refractivity contribution >= 4 is 10.0 Å². The van der Waals surface area contributed by atoms with E-state index in [0.717, 1.165) is 26.2 Å². The zero-order valence-corrected chi connectivity index (χ0v) is 14.4. The van der Waals surface area contributed by atoms with Crippen molar-refractivity contribution in [3.63, 3.8) is 0 Å². The average molecular weight is 354 g/mol. The molecule has 4 rings (SSSR count). The van der Waals surface area contributed by atoms with Crippen LogP contribution in [0.15, 0.2) is 29.2 Å². The van der Waals surface area contributed by atoms with Crippen LogP contribution in [0.2, 0.25) is 0 Å². The number of nitrogens with zero attached hydrogens (tertiary/aromatic N) is 2. The number of likely N-dealkylation sites (tertiary alicyclic amines) is 1. The molecule has 0 bridgehead atoms. The standard InChI is InChI=1S/C17H23FN2O3S/c18-14-3-5-15(6-4-14)24(21,22)20-10-16-13(12-23-17(16)11-20)9-19-7-1-2-8-19/h3-6,13,16-17H,1-2,7-12H2/t13-,16+,17+/m0/s1. The number of benzene rings is 1. The predicted molar refractivity (Wildman–Crippen MR) is 87.6 cm³/mol. The van der Waals surface area contributed by atoms with Gasteiger partial charge in [-0.1, -0.05) is 0 Å². The van der Waals surface area contributed by atoms with Gasteiger partial charge in [0.2, 0.25) is 10.0 Å². The Bertz CT molecular complexity index is 688. The van der Waals surface area contributed by atoms with Crippen LogP contribution < -0.4 is 0 Å². The van der Waals surface area contributed by atoms with Crippen molar-refractivity contribution in [1.29, 1.82) is 0 Å². The molecule has 1 aromatic rings. The average Bonchev–Trinajstić information content (AvgIpc) is 3.27. The molecule has 5 nitrogen and oxygen atoms in total. The van der Waals surface area contributed by atoms with Gasteiger partial charge in [0.15, 0.2) is 0 Å². The summed E-state index contributed by atoms with van der Waals surface area (Å²) in [7, 11) is -3.58. The highest BCUT2D eigenvalue weighted by Crippen LogP contribution is 2.37. The lowest BCUT2D eigenvalue weighted by Gasteiger charge is -2.23. The van der Waals surface area contributed by atoms with Gasteiger partial charge in [-0.25, -0.2) is 12.8 Å². The van der Waals surface area contributed by atoms with Crippen LogP contribution in [0.4, 0.5) is 4.39 Å². The van der Waals surface area contributed by atoms with E-state index in [1.165, 1.54) is 41.4 Å². The first-order valence-corrected chi connectivity index (χ1v) is 10.1. The van der Waals surface area contributed by atoms with E-state index in [9.17, 15) is 12.8 Å². The van der Waals surface area contributed by atoms with Crippen molar-refractivity contribution in [2.45, 2.75) is 23.8 Å². The fourth-order valence-corrected chi connectivity index (χ4v) is 5.69. The Morgan fingerprint density at radius 3 is 2.54 bits per heavy atom. The van der Waals surface area contributed by atoms with Crippen LogP contribution in [0.1, 0.15) is 12.8 Å². The van der Waals surface area contributed by atoms with Crippen molar-refractivity contribution in [2.75, 3.05) is 39.3 Å². The van der Waals surface area contributed by atoms with E-state index in [2.05, 4.69) is 4.90 Å². The molecule has 0 amide bonds. The van der Waals surface area contributed by atoms with E-state index in [1.807, 2.05) is 0 Å². The molecule has 0 N–H and O–H groups in total. The van der Waals surface area contributed by atoms with Gasteiger partial charge in [0.1, 0.15) is 5.82 Å². The van der Waals surface area contributed by atoms with Crippen molar-refractivity contribution in [3.05, 3.63) is 30.1 Å². The largest absolute Gasteiger partial charge is 0.376 e. The Morgan fingerprint density at radius 2 is 1.83 bits per heavy atom. The Labute approximate surface area is 142 Å². The van der Waals surface area contributed by atoms with Crippen LogP contribution in [-0.4, -0.2) is 63.1 Å². The number of hydrogen-bond acceptors (Lipinski definition) is 4. The van der Waals surface area contributed by atoms with Crippen LogP contribution in [0, 0.1) is 17.7 Å². The van der Waals surface area contributed by atoms with Crippen LogP contribution >= 0.6 is 0 Å². The number of halogens is 1. The van der Waals surface area contributed by atoms with Crippen LogP contribution in [0.3, 0.4) is 0 Å². The SMILES string of the molecule is O=S(=O)(c1ccc(F)cc1)N1C[C@@H]2[C@@H](CN3CCCC3)CO[C@@H]2C1. The first-order chi connectivity index (χ1) is 11.5. The van der Waals surface area contributed by atoms with Gasteiger partial charge in [-0.3, -0.25) is 0 Å². The van der Waals surface area contributed by atoms with E-state index in [-0.39, 0.29) is 16.9 Å². The zero-order valence-electron chi connectivity index (χ0n) is 13.6. The highest BCUT2D eigenvalue weighted by molar-refractivity contribution is 7.89. The van der Waals surface area contributed by atoms with E-state index in [4.69, 9.17) is 4.74 Å². The van der Waals surface area contributed by atoms with Gasteiger partial charge in [-0.05, 0) is 50.2 Å².